The number of ether oxygens (including phenoxy) is 1. The van der Waals surface area contributed by atoms with Crippen molar-refractivity contribution in [1.29, 1.82) is 0 Å². The number of rotatable bonds is 3. The molecule has 0 atom stereocenters. The first-order valence-corrected chi connectivity index (χ1v) is 8.77. The van der Waals surface area contributed by atoms with Crippen molar-refractivity contribution in [3.63, 3.8) is 0 Å². The van der Waals surface area contributed by atoms with Gasteiger partial charge in [0.2, 0.25) is 0 Å². The highest BCUT2D eigenvalue weighted by Gasteiger charge is 2.24. The summed E-state index contributed by atoms with van der Waals surface area (Å²) in [5.41, 5.74) is 0.676. The van der Waals surface area contributed by atoms with E-state index in [4.69, 9.17) is 4.74 Å². The Morgan fingerprint density at radius 2 is 1.71 bits per heavy atom. The van der Waals surface area contributed by atoms with Crippen LogP contribution < -0.4 is 4.74 Å². The Morgan fingerprint density at radius 3 is 2.33 bits per heavy atom. The lowest BCUT2D eigenvalue weighted by atomic mass is 10.1. The van der Waals surface area contributed by atoms with Crippen molar-refractivity contribution in [1.82, 2.24) is 4.90 Å². The van der Waals surface area contributed by atoms with E-state index >= 15 is 0 Å². The number of carbonyl (C=O) groups excluding carboxylic acids is 1. The number of likely N-dealkylation sites (tertiary alicyclic amines) is 1. The molecule has 2 aromatic carbocycles. The highest BCUT2D eigenvalue weighted by molar-refractivity contribution is 14.1. The third kappa shape index (κ3) is 4.03. The third-order valence-electron chi connectivity index (χ3n) is 4.01. The summed E-state index contributed by atoms with van der Waals surface area (Å²) >= 11 is 2.20. The Bertz CT molecular complexity index is 728. The summed E-state index contributed by atoms with van der Waals surface area (Å²) < 4.78 is 32.9. The van der Waals surface area contributed by atoms with E-state index in [1.165, 1.54) is 6.07 Å². The monoisotopic (exact) mass is 443 g/mol. The molecule has 1 aliphatic heterocycles. The minimum absolute atomic E-state index is 0.0117. The van der Waals surface area contributed by atoms with Crippen molar-refractivity contribution >= 4 is 28.5 Å². The van der Waals surface area contributed by atoms with E-state index < -0.39 is 11.6 Å². The van der Waals surface area contributed by atoms with Gasteiger partial charge in [0.05, 0.1) is 0 Å². The van der Waals surface area contributed by atoms with Gasteiger partial charge in [0.1, 0.15) is 11.9 Å². The van der Waals surface area contributed by atoms with Crippen molar-refractivity contribution in [2.24, 2.45) is 0 Å². The molecule has 24 heavy (non-hydrogen) atoms. The van der Waals surface area contributed by atoms with Gasteiger partial charge in [0, 0.05) is 41.1 Å². The zero-order valence-electron chi connectivity index (χ0n) is 12.8. The first-order chi connectivity index (χ1) is 11.5. The summed E-state index contributed by atoms with van der Waals surface area (Å²) in [5, 5.41) is 0. The van der Waals surface area contributed by atoms with Gasteiger partial charge < -0.3 is 9.64 Å². The molecule has 0 radical (unpaired) electrons. The number of hydrogen-bond acceptors (Lipinski definition) is 2. The Labute approximate surface area is 152 Å². The molecule has 1 heterocycles. The molecule has 0 bridgehead atoms. The number of amides is 1. The Kier molecular flexibility index (Phi) is 5.33. The van der Waals surface area contributed by atoms with Crippen LogP contribution in [0, 0.1) is 15.2 Å². The zero-order chi connectivity index (χ0) is 17.1. The molecule has 1 amide bonds. The molecule has 0 spiro atoms. The van der Waals surface area contributed by atoms with Gasteiger partial charge in [-0.1, -0.05) is 0 Å². The van der Waals surface area contributed by atoms with Gasteiger partial charge in [-0.2, -0.15) is 0 Å². The van der Waals surface area contributed by atoms with Gasteiger partial charge in [0.25, 0.3) is 5.91 Å². The molecule has 6 heteroatoms. The second-order valence-electron chi connectivity index (χ2n) is 5.69. The van der Waals surface area contributed by atoms with E-state index in [1.807, 2.05) is 24.3 Å². The molecule has 126 valence electrons. The maximum atomic E-state index is 13.2. The Morgan fingerprint density at radius 1 is 1.04 bits per heavy atom. The van der Waals surface area contributed by atoms with Gasteiger partial charge in [0.15, 0.2) is 11.6 Å². The van der Waals surface area contributed by atoms with Crippen LogP contribution in [0.1, 0.15) is 23.2 Å². The molecule has 2 aromatic rings. The Balaban J connectivity index is 1.56. The van der Waals surface area contributed by atoms with Crippen LogP contribution in [0.3, 0.4) is 0 Å². The normalized spacial score (nSPS) is 15.4. The molecular formula is C18H16F2INO2. The SMILES string of the molecule is O=C(c1ccc(I)cc1)N1CCC(Oc2ccc(F)c(F)c2)CC1. The summed E-state index contributed by atoms with van der Waals surface area (Å²) in [6.45, 7) is 1.17. The molecule has 0 aromatic heterocycles. The summed E-state index contributed by atoms with van der Waals surface area (Å²) in [6.07, 6.45) is 1.22. The number of nitrogens with zero attached hydrogens (tertiary/aromatic N) is 1. The Hall–Kier alpha value is -1.70. The van der Waals surface area contributed by atoms with Crippen molar-refractivity contribution < 1.29 is 18.3 Å². The fraction of sp³-hybridized carbons (Fsp3) is 0.278. The van der Waals surface area contributed by atoms with Gasteiger partial charge in [-0.05, 0) is 59.0 Å². The lowest BCUT2D eigenvalue weighted by Crippen LogP contribution is -2.41. The van der Waals surface area contributed by atoms with Crippen LogP contribution in [-0.4, -0.2) is 30.0 Å². The molecule has 3 nitrogen and oxygen atoms in total. The predicted molar refractivity (Wildman–Crippen MR) is 95.1 cm³/mol. The van der Waals surface area contributed by atoms with Crippen LogP contribution in [0.25, 0.3) is 0 Å². The molecule has 1 aliphatic rings. The zero-order valence-corrected chi connectivity index (χ0v) is 15.0. The molecule has 1 saturated heterocycles. The maximum Gasteiger partial charge on any atom is 0.253 e. The number of halogens is 3. The second-order valence-corrected chi connectivity index (χ2v) is 6.94. The molecular weight excluding hydrogens is 427 g/mol. The van der Waals surface area contributed by atoms with Crippen LogP contribution in [0.5, 0.6) is 5.75 Å². The van der Waals surface area contributed by atoms with Crippen LogP contribution in [-0.2, 0) is 0 Å². The summed E-state index contributed by atoms with van der Waals surface area (Å²) in [5.74, 6) is -1.48. The van der Waals surface area contributed by atoms with E-state index in [0.717, 1.165) is 15.7 Å². The lowest BCUT2D eigenvalue weighted by Gasteiger charge is -2.32. The average molecular weight is 443 g/mol. The molecule has 3 rings (SSSR count). The van der Waals surface area contributed by atoms with Crippen molar-refractivity contribution in [2.75, 3.05) is 13.1 Å². The quantitative estimate of drug-likeness (QED) is 0.664. The molecule has 1 fully saturated rings. The largest absolute Gasteiger partial charge is 0.490 e. The van der Waals surface area contributed by atoms with Crippen LogP contribution in [0.15, 0.2) is 42.5 Å². The molecule has 0 saturated carbocycles. The molecule has 0 aliphatic carbocycles. The number of carbonyl (C=O) groups is 1. The minimum atomic E-state index is -0.918. The first-order valence-electron chi connectivity index (χ1n) is 7.69. The molecule has 0 N–H and O–H groups in total. The molecule has 0 unspecified atom stereocenters. The van der Waals surface area contributed by atoms with Crippen molar-refractivity contribution in [3.05, 3.63) is 63.2 Å². The summed E-state index contributed by atoms with van der Waals surface area (Å²) in [7, 11) is 0. The topological polar surface area (TPSA) is 29.5 Å². The fourth-order valence-electron chi connectivity index (χ4n) is 2.69. The average Bonchev–Trinajstić information content (AvgIpc) is 2.59. The van der Waals surface area contributed by atoms with Crippen LogP contribution in [0.4, 0.5) is 8.78 Å². The van der Waals surface area contributed by atoms with E-state index in [-0.39, 0.29) is 12.0 Å². The van der Waals surface area contributed by atoms with E-state index in [2.05, 4.69) is 22.6 Å². The van der Waals surface area contributed by atoms with Crippen molar-refractivity contribution in [2.45, 2.75) is 18.9 Å². The summed E-state index contributed by atoms with van der Waals surface area (Å²) in [6, 6.07) is 11.0. The first kappa shape index (κ1) is 17.1. The highest BCUT2D eigenvalue weighted by atomic mass is 127. The van der Waals surface area contributed by atoms with E-state index in [9.17, 15) is 13.6 Å². The van der Waals surface area contributed by atoms with E-state index in [0.29, 0.717) is 37.2 Å². The van der Waals surface area contributed by atoms with Gasteiger partial charge in [-0.3, -0.25) is 4.79 Å². The van der Waals surface area contributed by atoms with Gasteiger partial charge in [-0.15, -0.1) is 0 Å². The van der Waals surface area contributed by atoms with E-state index in [1.54, 1.807) is 4.90 Å². The van der Waals surface area contributed by atoms with Gasteiger partial charge >= 0.3 is 0 Å². The highest BCUT2D eigenvalue weighted by Crippen LogP contribution is 2.22. The van der Waals surface area contributed by atoms with Crippen LogP contribution in [0.2, 0.25) is 0 Å². The smallest absolute Gasteiger partial charge is 0.253 e. The number of piperidine rings is 1. The predicted octanol–water partition coefficient (Wildman–Crippen LogP) is 4.25. The van der Waals surface area contributed by atoms with Crippen LogP contribution >= 0.6 is 22.6 Å². The maximum absolute atomic E-state index is 13.2. The second kappa shape index (κ2) is 7.46. The number of hydrogen-bond donors (Lipinski definition) is 0. The fourth-order valence-corrected chi connectivity index (χ4v) is 3.05. The lowest BCUT2D eigenvalue weighted by molar-refractivity contribution is 0.0595. The van der Waals surface area contributed by atoms with Crippen molar-refractivity contribution in [3.8, 4) is 5.75 Å². The third-order valence-corrected chi connectivity index (χ3v) is 4.73. The minimum Gasteiger partial charge on any atom is -0.490 e. The summed E-state index contributed by atoms with van der Waals surface area (Å²) in [4.78, 5) is 14.2. The standard InChI is InChI=1S/C18H16F2INO2/c19-16-6-5-15(11-17(16)20)24-14-7-9-22(10-8-14)18(23)12-1-3-13(21)4-2-12/h1-6,11,14H,7-10H2. The number of benzene rings is 2. The van der Waals surface area contributed by atoms with Gasteiger partial charge in [-0.25, -0.2) is 8.78 Å².